The summed E-state index contributed by atoms with van der Waals surface area (Å²) in [6.45, 7) is 0.821. The molecule has 6 heteroatoms. The lowest BCUT2D eigenvalue weighted by Gasteiger charge is -2.44. The van der Waals surface area contributed by atoms with Crippen molar-refractivity contribution in [1.29, 1.82) is 0 Å². The molecule has 3 rings (SSSR count). The van der Waals surface area contributed by atoms with Crippen LogP contribution in [0, 0.1) is 0 Å². The molecule has 0 radical (unpaired) electrons. The molecule has 2 unspecified atom stereocenters. The monoisotopic (exact) mass is 305 g/mol. The van der Waals surface area contributed by atoms with Gasteiger partial charge in [-0.3, -0.25) is 0 Å². The van der Waals surface area contributed by atoms with Gasteiger partial charge in [-0.1, -0.05) is 0 Å². The molecule has 19 heavy (non-hydrogen) atoms. The number of thioether (sulfide) groups is 1. The molecule has 3 fully saturated rings. The number of rotatable bonds is 2. The average molecular weight is 305 g/mol. The van der Waals surface area contributed by atoms with E-state index in [1.165, 1.54) is 11.5 Å². The standard InChI is InChI=1S/C13H23NO3S2/c15-19(16)8-2-12(10-19)14-11-1-5-17-13(9-11)3-6-18-7-4-13/h11-12,14H,1-10H2. The van der Waals surface area contributed by atoms with E-state index < -0.39 is 9.84 Å². The van der Waals surface area contributed by atoms with Crippen molar-refractivity contribution in [2.75, 3.05) is 29.6 Å². The second-order valence-corrected chi connectivity index (χ2v) is 9.55. The zero-order valence-electron chi connectivity index (χ0n) is 11.3. The summed E-state index contributed by atoms with van der Waals surface area (Å²) in [6.07, 6.45) is 5.16. The lowest BCUT2D eigenvalue weighted by atomic mass is 9.85. The van der Waals surface area contributed by atoms with Gasteiger partial charge in [0.2, 0.25) is 0 Å². The first kappa shape index (κ1) is 14.2. The van der Waals surface area contributed by atoms with Crippen molar-refractivity contribution in [3.8, 4) is 0 Å². The Morgan fingerprint density at radius 3 is 2.63 bits per heavy atom. The van der Waals surface area contributed by atoms with Crippen molar-refractivity contribution in [3.63, 3.8) is 0 Å². The summed E-state index contributed by atoms with van der Waals surface area (Å²) < 4.78 is 29.1. The quantitative estimate of drug-likeness (QED) is 0.831. The molecule has 1 N–H and O–H groups in total. The van der Waals surface area contributed by atoms with Gasteiger partial charge in [-0.15, -0.1) is 0 Å². The summed E-state index contributed by atoms with van der Waals surface area (Å²) in [5, 5.41) is 3.58. The molecule has 0 aromatic rings. The van der Waals surface area contributed by atoms with Crippen LogP contribution in [-0.2, 0) is 14.6 Å². The van der Waals surface area contributed by atoms with Crippen LogP contribution in [0.5, 0.6) is 0 Å². The molecule has 0 aromatic carbocycles. The molecule has 0 aromatic heterocycles. The fourth-order valence-corrected chi connectivity index (χ4v) is 6.44. The Morgan fingerprint density at radius 1 is 1.16 bits per heavy atom. The second-order valence-electron chi connectivity index (χ2n) is 6.10. The van der Waals surface area contributed by atoms with E-state index in [9.17, 15) is 8.42 Å². The first-order chi connectivity index (χ1) is 9.07. The molecule has 0 amide bonds. The Hall–Kier alpha value is 0.220. The van der Waals surface area contributed by atoms with Crippen LogP contribution in [0.15, 0.2) is 0 Å². The normalized spacial score (nSPS) is 37.5. The summed E-state index contributed by atoms with van der Waals surface area (Å²) in [4.78, 5) is 0. The molecule has 110 valence electrons. The van der Waals surface area contributed by atoms with Gasteiger partial charge in [0.05, 0.1) is 17.1 Å². The van der Waals surface area contributed by atoms with Crippen LogP contribution in [0.1, 0.15) is 32.1 Å². The molecule has 0 bridgehead atoms. The van der Waals surface area contributed by atoms with Gasteiger partial charge in [0.1, 0.15) is 0 Å². The third-order valence-electron chi connectivity index (χ3n) is 4.60. The molecular weight excluding hydrogens is 282 g/mol. The Balaban J connectivity index is 1.57. The van der Waals surface area contributed by atoms with Crippen molar-refractivity contribution < 1.29 is 13.2 Å². The summed E-state index contributed by atoms with van der Waals surface area (Å²) in [5.74, 6) is 3.08. The highest BCUT2D eigenvalue weighted by atomic mass is 32.2. The van der Waals surface area contributed by atoms with E-state index in [4.69, 9.17) is 4.74 Å². The zero-order valence-corrected chi connectivity index (χ0v) is 12.9. The highest BCUT2D eigenvalue weighted by molar-refractivity contribution is 7.99. The van der Waals surface area contributed by atoms with Crippen molar-refractivity contribution >= 4 is 21.6 Å². The molecule has 3 heterocycles. The lowest BCUT2D eigenvalue weighted by Crippen LogP contribution is -2.51. The predicted octanol–water partition coefficient (Wildman–Crippen LogP) is 1.21. The average Bonchev–Trinajstić information content (AvgIpc) is 2.70. The van der Waals surface area contributed by atoms with Crippen LogP contribution in [0.25, 0.3) is 0 Å². The summed E-state index contributed by atoms with van der Waals surface area (Å²) >= 11 is 2.02. The van der Waals surface area contributed by atoms with Gasteiger partial charge in [0, 0.05) is 18.7 Å². The van der Waals surface area contributed by atoms with Gasteiger partial charge in [-0.2, -0.15) is 11.8 Å². The van der Waals surface area contributed by atoms with Gasteiger partial charge >= 0.3 is 0 Å². The third-order valence-corrected chi connectivity index (χ3v) is 7.35. The highest BCUT2D eigenvalue weighted by Gasteiger charge is 2.40. The summed E-state index contributed by atoms with van der Waals surface area (Å²) in [5.41, 5.74) is 0.0820. The molecule has 3 saturated heterocycles. The van der Waals surface area contributed by atoms with Gasteiger partial charge < -0.3 is 10.1 Å². The Morgan fingerprint density at radius 2 is 1.95 bits per heavy atom. The zero-order chi connectivity index (χ0) is 13.3. The minimum Gasteiger partial charge on any atom is -0.375 e. The molecule has 4 nitrogen and oxygen atoms in total. The topological polar surface area (TPSA) is 55.4 Å². The smallest absolute Gasteiger partial charge is 0.151 e. The Bertz CT molecular complexity index is 412. The molecule has 0 saturated carbocycles. The van der Waals surface area contributed by atoms with Gasteiger partial charge in [-0.05, 0) is 43.6 Å². The fraction of sp³-hybridized carbons (Fsp3) is 1.00. The van der Waals surface area contributed by atoms with Crippen LogP contribution >= 0.6 is 11.8 Å². The number of sulfone groups is 1. The minimum atomic E-state index is -2.78. The van der Waals surface area contributed by atoms with E-state index in [1.807, 2.05) is 11.8 Å². The minimum absolute atomic E-state index is 0.0820. The van der Waals surface area contributed by atoms with Crippen molar-refractivity contribution in [2.45, 2.75) is 49.8 Å². The lowest BCUT2D eigenvalue weighted by molar-refractivity contribution is -0.0939. The van der Waals surface area contributed by atoms with Crippen LogP contribution in [-0.4, -0.2) is 55.7 Å². The van der Waals surface area contributed by atoms with Crippen LogP contribution in [0.2, 0.25) is 0 Å². The molecule has 2 atom stereocenters. The van der Waals surface area contributed by atoms with Crippen molar-refractivity contribution in [3.05, 3.63) is 0 Å². The second kappa shape index (κ2) is 5.54. The first-order valence-corrected chi connectivity index (χ1v) is 10.2. The maximum atomic E-state index is 11.5. The largest absolute Gasteiger partial charge is 0.375 e. The van der Waals surface area contributed by atoms with Crippen LogP contribution in [0.4, 0.5) is 0 Å². The van der Waals surface area contributed by atoms with E-state index in [-0.39, 0.29) is 11.6 Å². The number of nitrogens with one attached hydrogen (secondary N) is 1. The van der Waals surface area contributed by atoms with Crippen LogP contribution < -0.4 is 5.32 Å². The number of hydrogen-bond donors (Lipinski definition) is 1. The van der Waals surface area contributed by atoms with Crippen molar-refractivity contribution in [2.24, 2.45) is 0 Å². The summed E-state index contributed by atoms with van der Waals surface area (Å²) in [6, 6.07) is 0.610. The van der Waals surface area contributed by atoms with E-state index in [0.29, 0.717) is 17.5 Å². The van der Waals surface area contributed by atoms with E-state index >= 15 is 0 Å². The molecule has 3 aliphatic rings. The summed E-state index contributed by atoms with van der Waals surface area (Å²) in [7, 11) is -2.78. The molecule has 0 aliphatic carbocycles. The van der Waals surface area contributed by atoms with Gasteiger partial charge in [-0.25, -0.2) is 8.42 Å². The fourth-order valence-electron chi connectivity index (χ4n) is 3.52. The van der Waals surface area contributed by atoms with Crippen LogP contribution in [0.3, 0.4) is 0 Å². The Labute approximate surface area is 120 Å². The van der Waals surface area contributed by atoms with Crippen molar-refractivity contribution in [1.82, 2.24) is 5.32 Å². The maximum Gasteiger partial charge on any atom is 0.151 e. The maximum absolute atomic E-state index is 11.5. The molecule has 1 spiro atoms. The van der Waals surface area contributed by atoms with Gasteiger partial charge in [0.25, 0.3) is 0 Å². The highest BCUT2D eigenvalue weighted by Crippen LogP contribution is 2.37. The predicted molar refractivity (Wildman–Crippen MR) is 78.5 cm³/mol. The number of ether oxygens (including phenoxy) is 1. The third kappa shape index (κ3) is 3.46. The van der Waals surface area contributed by atoms with E-state index in [0.717, 1.165) is 38.7 Å². The Kier molecular flexibility index (Phi) is 4.13. The first-order valence-electron chi connectivity index (χ1n) is 7.25. The number of hydrogen-bond acceptors (Lipinski definition) is 5. The SMILES string of the molecule is O=S1(=O)CCC(NC2CCOC3(CCSCC3)C2)C1. The van der Waals surface area contributed by atoms with Gasteiger partial charge in [0.15, 0.2) is 9.84 Å². The van der Waals surface area contributed by atoms with E-state index in [2.05, 4.69) is 5.32 Å². The van der Waals surface area contributed by atoms with E-state index in [1.54, 1.807) is 0 Å². The molecule has 3 aliphatic heterocycles. The molecular formula is C13H23NO3S2.